The molecule has 0 amide bonds. The standard InChI is InChI=1S/C13H19ClFNO/c1-10(2)9-17-7-6-16-8-11-4-3-5-12(14)13(11)15/h3-5,10,16H,6-9H2,1-2H3. The zero-order valence-corrected chi connectivity index (χ0v) is 11.1. The van der Waals surface area contributed by atoms with E-state index in [0.29, 0.717) is 31.2 Å². The lowest BCUT2D eigenvalue weighted by Crippen LogP contribution is -2.20. The molecule has 0 saturated heterocycles. The molecule has 0 aliphatic carbocycles. The fourth-order valence-electron chi connectivity index (χ4n) is 1.37. The summed E-state index contributed by atoms with van der Waals surface area (Å²) in [6.07, 6.45) is 0. The fourth-order valence-corrected chi connectivity index (χ4v) is 1.57. The maximum Gasteiger partial charge on any atom is 0.146 e. The summed E-state index contributed by atoms with van der Waals surface area (Å²) in [5.41, 5.74) is 0.585. The number of nitrogens with one attached hydrogen (secondary N) is 1. The number of ether oxygens (including phenoxy) is 1. The summed E-state index contributed by atoms with van der Waals surface area (Å²) in [7, 11) is 0. The second-order valence-corrected chi connectivity index (χ2v) is 4.77. The van der Waals surface area contributed by atoms with E-state index >= 15 is 0 Å². The summed E-state index contributed by atoms with van der Waals surface area (Å²) in [6, 6.07) is 5.02. The van der Waals surface area contributed by atoms with Crippen LogP contribution in [0.2, 0.25) is 5.02 Å². The molecule has 0 aliphatic heterocycles. The lowest BCUT2D eigenvalue weighted by molar-refractivity contribution is 0.111. The van der Waals surface area contributed by atoms with E-state index < -0.39 is 0 Å². The van der Waals surface area contributed by atoms with Gasteiger partial charge < -0.3 is 10.1 Å². The first kappa shape index (κ1) is 14.4. The van der Waals surface area contributed by atoms with Crippen molar-refractivity contribution in [2.75, 3.05) is 19.8 Å². The molecule has 0 heterocycles. The summed E-state index contributed by atoms with van der Waals surface area (Å²) in [4.78, 5) is 0. The maximum absolute atomic E-state index is 13.5. The van der Waals surface area contributed by atoms with Gasteiger partial charge in [0.1, 0.15) is 5.82 Å². The summed E-state index contributed by atoms with van der Waals surface area (Å²) < 4.78 is 18.9. The van der Waals surface area contributed by atoms with Gasteiger partial charge in [-0.15, -0.1) is 0 Å². The Kier molecular flexibility index (Phi) is 6.48. The predicted octanol–water partition coefficient (Wildman–Crippen LogP) is 3.24. The molecule has 0 fully saturated rings. The number of hydrogen-bond acceptors (Lipinski definition) is 2. The molecule has 0 aromatic heterocycles. The summed E-state index contributed by atoms with van der Waals surface area (Å²) in [5.74, 6) is 0.199. The summed E-state index contributed by atoms with van der Waals surface area (Å²) in [5, 5.41) is 3.29. The number of hydrogen-bond donors (Lipinski definition) is 1. The molecule has 96 valence electrons. The molecular formula is C13H19ClFNO. The Hall–Kier alpha value is -0.640. The third-order valence-corrected chi connectivity index (χ3v) is 2.51. The maximum atomic E-state index is 13.5. The van der Waals surface area contributed by atoms with E-state index in [9.17, 15) is 4.39 Å². The van der Waals surface area contributed by atoms with Crippen molar-refractivity contribution in [3.63, 3.8) is 0 Å². The highest BCUT2D eigenvalue weighted by Crippen LogP contribution is 2.17. The van der Waals surface area contributed by atoms with Crippen molar-refractivity contribution >= 4 is 11.6 Å². The number of halogens is 2. The van der Waals surface area contributed by atoms with Crippen LogP contribution in [0, 0.1) is 11.7 Å². The Bertz CT molecular complexity index is 344. The van der Waals surface area contributed by atoms with Crippen LogP contribution < -0.4 is 5.32 Å². The highest BCUT2D eigenvalue weighted by molar-refractivity contribution is 6.30. The van der Waals surface area contributed by atoms with Crippen LogP contribution in [-0.4, -0.2) is 19.8 Å². The van der Waals surface area contributed by atoms with Gasteiger partial charge in [-0.05, 0) is 12.0 Å². The molecule has 4 heteroatoms. The van der Waals surface area contributed by atoms with Gasteiger partial charge in [-0.3, -0.25) is 0 Å². The van der Waals surface area contributed by atoms with Gasteiger partial charge in [-0.25, -0.2) is 4.39 Å². The lowest BCUT2D eigenvalue weighted by atomic mass is 10.2. The third-order valence-electron chi connectivity index (χ3n) is 2.22. The summed E-state index contributed by atoms with van der Waals surface area (Å²) in [6.45, 7) is 6.78. The molecule has 17 heavy (non-hydrogen) atoms. The fraction of sp³-hybridized carbons (Fsp3) is 0.538. The van der Waals surface area contributed by atoms with E-state index in [-0.39, 0.29) is 10.8 Å². The van der Waals surface area contributed by atoms with E-state index in [2.05, 4.69) is 19.2 Å². The lowest BCUT2D eigenvalue weighted by Gasteiger charge is -2.08. The van der Waals surface area contributed by atoms with E-state index in [4.69, 9.17) is 16.3 Å². The van der Waals surface area contributed by atoms with Crippen LogP contribution >= 0.6 is 11.6 Å². The molecule has 1 aromatic rings. The zero-order valence-electron chi connectivity index (χ0n) is 10.3. The van der Waals surface area contributed by atoms with E-state index in [1.54, 1.807) is 18.2 Å². The molecule has 0 radical (unpaired) electrons. The average Bonchev–Trinajstić information content (AvgIpc) is 2.28. The average molecular weight is 260 g/mol. The SMILES string of the molecule is CC(C)COCCNCc1cccc(Cl)c1F. The zero-order chi connectivity index (χ0) is 12.7. The normalized spacial score (nSPS) is 11.1. The molecular weight excluding hydrogens is 241 g/mol. The van der Waals surface area contributed by atoms with Crippen molar-refractivity contribution in [2.45, 2.75) is 20.4 Å². The molecule has 0 bridgehead atoms. The minimum absolute atomic E-state index is 0.167. The topological polar surface area (TPSA) is 21.3 Å². The first-order valence-corrected chi connectivity index (χ1v) is 6.20. The Morgan fingerprint density at radius 3 is 2.88 bits per heavy atom. The predicted molar refractivity (Wildman–Crippen MR) is 68.8 cm³/mol. The monoisotopic (exact) mass is 259 g/mol. The van der Waals surface area contributed by atoms with Crippen LogP contribution in [-0.2, 0) is 11.3 Å². The molecule has 1 aromatic carbocycles. The Labute approximate surface area is 107 Å². The van der Waals surface area contributed by atoms with Gasteiger partial charge in [0.2, 0.25) is 0 Å². The third kappa shape index (κ3) is 5.48. The van der Waals surface area contributed by atoms with Gasteiger partial charge in [-0.2, -0.15) is 0 Å². The van der Waals surface area contributed by atoms with Crippen molar-refractivity contribution < 1.29 is 9.13 Å². The van der Waals surface area contributed by atoms with E-state index in [1.165, 1.54) is 0 Å². The van der Waals surface area contributed by atoms with Crippen LogP contribution in [0.4, 0.5) is 4.39 Å². The van der Waals surface area contributed by atoms with E-state index in [1.807, 2.05) is 0 Å². The second-order valence-electron chi connectivity index (χ2n) is 4.36. The summed E-state index contributed by atoms with van der Waals surface area (Å²) >= 11 is 5.68. The number of rotatable bonds is 7. The van der Waals surface area contributed by atoms with Crippen LogP contribution in [0.5, 0.6) is 0 Å². The minimum Gasteiger partial charge on any atom is -0.380 e. The van der Waals surface area contributed by atoms with Crippen molar-refractivity contribution in [2.24, 2.45) is 5.92 Å². The van der Waals surface area contributed by atoms with Gasteiger partial charge in [0.15, 0.2) is 0 Å². The van der Waals surface area contributed by atoms with Gasteiger partial charge >= 0.3 is 0 Å². The van der Waals surface area contributed by atoms with Crippen molar-refractivity contribution in [3.8, 4) is 0 Å². The van der Waals surface area contributed by atoms with Crippen molar-refractivity contribution in [1.29, 1.82) is 0 Å². The molecule has 0 aliphatic rings. The Balaban J connectivity index is 2.20. The van der Waals surface area contributed by atoms with Crippen LogP contribution in [0.15, 0.2) is 18.2 Å². The molecule has 1 N–H and O–H groups in total. The molecule has 0 spiro atoms. The molecule has 0 saturated carbocycles. The van der Waals surface area contributed by atoms with Crippen LogP contribution in [0.25, 0.3) is 0 Å². The number of benzene rings is 1. The Morgan fingerprint density at radius 1 is 1.41 bits per heavy atom. The van der Waals surface area contributed by atoms with Gasteiger partial charge in [-0.1, -0.05) is 37.6 Å². The molecule has 1 rings (SSSR count). The first-order chi connectivity index (χ1) is 8.11. The van der Waals surface area contributed by atoms with Gasteiger partial charge in [0.25, 0.3) is 0 Å². The highest BCUT2D eigenvalue weighted by Gasteiger charge is 2.04. The minimum atomic E-state index is -0.343. The largest absolute Gasteiger partial charge is 0.380 e. The smallest absolute Gasteiger partial charge is 0.146 e. The molecule has 0 atom stereocenters. The Morgan fingerprint density at radius 2 is 2.18 bits per heavy atom. The molecule has 2 nitrogen and oxygen atoms in total. The van der Waals surface area contributed by atoms with Gasteiger partial charge in [0, 0.05) is 25.3 Å². The van der Waals surface area contributed by atoms with Crippen molar-refractivity contribution in [3.05, 3.63) is 34.6 Å². The van der Waals surface area contributed by atoms with Crippen LogP contribution in [0.1, 0.15) is 19.4 Å². The van der Waals surface area contributed by atoms with Crippen molar-refractivity contribution in [1.82, 2.24) is 5.32 Å². The molecule has 0 unspecified atom stereocenters. The van der Waals surface area contributed by atoms with E-state index in [0.717, 1.165) is 6.61 Å². The van der Waals surface area contributed by atoms with Crippen LogP contribution in [0.3, 0.4) is 0 Å². The van der Waals surface area contributed by atoms with Gasteiger partial charge in [0.05, 0.1) is 11.6 Å². The highest BCUT2D eigenvalue weighted by atomic mass is 35.5. The quantitative estimate of drug-likeness (QED) is 0.759. The second kappa shape index (κ2) is 7.64. The first-order valence-electron chi connectivity index (χ1n) is 5.82.